The first-order valence-electron chi connectivity index (χ1n) is 6.46. The van der Waals surface area contributed by atoms with E-state index in [9.17, 15) is 4.79 Å². The summed E-state index contributed by atoms with van der Waals surface area (Å²) >= 11 is 4.71. The van der Waals surface area contributed by atoms with Crippen molar-refractivity contribution in [2.45, 2.75) is 32.0 Å². The van der Waals surface area contributed by atoms with Crippen LogP contribution in [0.15, 0.2) is 27.8 Å². The van der Waals surface area contributed by atoms with Crippen molar-refractivity contribution in [1.29, 1.82) is 0 Å². The van der Waals surface area contributed by atoms with Crippen LogP contribution in [0.3, 0.4) is 0 Å². The van der Waals surface area contributed by atoms with E-state index < -0.39 is 5.97 Å². The van der Waals surface area contributed by atoms with Crippen molar-refractivity contribution in [2.75, 3.05) is 5.75 Å². The molecule has 0 saturated heterocycles. The molecule has 5 nitrogen and oxygen atoms in total. The minimum atomic E-state index is -0.863. The van der Waals surface area contributed by atoms with Crippen molar-refractivity contribution in [3.05, 3.63) is 28.2 Å². The standard InChI is InChI=1S/C14H16BrN3O2S/c1-8(2)18-13(10-5-4-6-11(15)9(10)3)16-17-14(18)21-7-12(19)20/h4-6,8H,7H2,1-3H3,(H,19,20). The second-order valence-corrected chi connectivity index (χ2v) is 6.66. The molecule has 0 saturated carbocycles. The van der Waals surface area contributed by atoms with Gasteiger partial charge in [0.2, 0.25) is 0 Å². The predicted octanol–water partition coefficient (Wildman–Crippen LogP) is 3.77. The van der Waals surface area contributed by atoms with E-state index >= 15 is 0 Å². The predicted molar refractivity (Wildman–Crippen MR) is 86.6 cm³/mol. The largest absolute Gasteiger partial charge is 0.481 e. The lowest BCUT2D eigenvalue weighted by molar-refractivity contribution is -0.133. The summed E-state index contributed by atoms with van der Waals surface area (Å²) in [5, 5.41) is 17.9. The van der Waals surface area contributed by atoms with Gasteiger partial charge in [-0.15, -0.1) is 10.2 Å². The van der Waals surface area contributed by atoms with Gasteiger partial charge in [0.15, 0.2) is 11.0 Å². The Kier molecular flexibility index (Phi) is 5.05. The average molecular weight is 370 g/mol. The van der Waals surface area contributed by atoms with Gasteiger partial charge in [-0.05, 0) is 32.4 Å². The van der Waals surface area contributed by atoms with Crippen LogP contribution in [-0.4, -0.2) is 31.6 Å². The highest BCUT2D eigenvalue weighted by molar-refractivity contribution is 9.10. The Labute approximate surface area is 135 Å². The van der Waals surface area contributed by atoms with Crippen LogP contribution >= 0.6 is 27.7 Å². The van der Waals surface area contributed by atoms with Crippen LogP contribution in [0.4, 0.5) is 0 Å². The first-order chi connectivity index (χ1) is 9.91. The zero-order valence-corrected chi connectivity index (χ0v) is 14.4. The van der Waals surface area contributed by atoms with Gasteiger partial charge in [0.25, 0.3) is 0 Å². The molecule has 0 aliphatic heterocycles. The van der Waals surface area contributed by atoms with E-state index in [-0.39, 0.29) is 11.8 Å². The fourth-order valence-electron chi connectivity index (χ4n) is 2.00. The first-order valence-corrected chi connectivity index (χ1v) is 8.24. The number of halogens is 1. The van der Waals surface area contributed by atoms with Crippen LogP contribution < -0.4 is 0 Å². The van der Waals surface area contributed by atoms with Crippen LogP contribution in [0.5, 0.6) is 0 Å². The molecule has 0 spiro atoms. The maximum absolute atomic E-state index is 10.7. The van der Waals surface area contributed by atoms with Crippen molar-refractivity contribution < 1.29 is 9.90 Å². The van der Waals surface area contributed by atoms with E-state index in [1.54, 1.807) is 0 Å². The number of carboxylic acid groups (broad SMARTS) is 1. The quantitative estimate of drug-likeness (QED) is 0.812. The Hall–Kier alpha value is -1.34. The second-order valence-electron chi connectivity index (χ2n) is 4.86. The molecule has 0 atom stereocenters. The van der Waals surface area contributed by atoms with Crippen LogP contribution in [0, 0.1) is 6.92 Å². The third-order valence-corrected chi connectivity index (χ3v) is 4.80. The Morgan fingerprint density at radius 1 is 1.43 bits per heavy atom. The number of carboxylic acids is 1. The molecule has 1 heterocycles. The summed E-state index contributed by atoms with van der Waals surface area (Å²) < 4.78 is 2.99. The van der Waals surface area contributed by atoms with Gasteiger partial charge < -0.3 is 5.11 Å². The molecule has 1 aromatic carbocycles. The summed E-state index contributed by atoms with van der Waals surface area (Å²) in [6.07, 6.45) is 0. The van der Waals surface area contributed by atoms with Crippen molar-refractivity contribution >= 4 is 33.7 Å². The minimum Gasteiger partial charge on any atom is -0.481 e. The van der Waals surface area contributed by atoms with Crippen LogP contribution in [0.25, 0.3) is 11.4 Å². The molecule has 0 fully saturated rings. The van der Waals surface area contributed by atoms with Gasteiger partial charge in [0.05, 0.1) is 5.75 Å². The van der Waals surface area contributed by atoms with Crippen LogP contribution in [0.2, 0.25) is 0 Å². The molecule has 7 heteroatoms. The molecule has 2 aromatic rings. The number of thioether (sulfide) groups is 1. The Balaban J connectivity index is 2.49. The molecule has 112 valence electrons. The molecule has 0 unspecified atom stereocenters. The average Bonchev–Trinajstić information content (AvgIpc) is 2.83. The summed E-state index contributed by atoms with van der Waals surface area (Å²) in [5.74, 6) is -0.127. The Morgan fingerprint density at radius 3 is 2.76 bits per heavy atom. The van der Waals surface area contributed by atoms with E-state index in [0.29, 0.717) is 5.16 Å². The summed E-state index contributed by atoms with van der Waals surface area (Å²) in [4.78, 5) is 10.7. The number of aliphatic carboxylic acids is 1. The lowest BCUT2D eigenvalue weighted by Gasteiger charge is -2.15. The van der Waals surface area contributed by atoms with Crippen LogP contribution in [0.1, 0.15) is 25.5 Å². The van der Waals surface area contributed by atoms with Crippen molar-refractivity contribution in [3.8, 4) is 11.4 Å². The molecular weight excluding hydrogens is 354 g/mol. The molecule has 1 aromatic heterocycles. The van der Waals surface area contributed by atoms with Gasteiger partial charge in [-0.25, -0.2) is 0 Å². The summed E-state index contributed by atoms with van der Waals surface area (Å²) in [6.45, 7) is 6.08. The summed E-state index contributed by atoms with van der Waals surface area (Å²) in [5.41, 5.74) is 2.08. The van der Waals surface area contributed by atoms with Gasteiger partial charge in [-0.2, -0.15) is 0 Å². The smallest absolute Gasteiger partial charge is 0.313 e. The molecule has 0 bridgehead atoms. The number of hydrogen-bond donors (Lipinski definition) is 1. The Morgan fingerprint density at radius 2 is 2.14 bits per heavy atom. The molecule has 1 N–H and O–H groups in total. The number of nitrogens with zero attached hydrogens (tertiary/aromatic N) is 3. The zero-order chi connectivity index (χ0) is 15.6. The monoisotopic (exact) mass is 369 g/mol. The summed E-state index contributed by atoms with van der Waals surface area (Å²) in [7, 11) is 0. The van der Waals surface area contributed by atoms with Gasteiger partial charge in [0.1, 0.15) is 0 Å². The number of aromatic nitrogens is 3. The highest BCUT2D eigenvalue weighted by atomic mass is 79.9. The Bertz CT molecular complexity index is 670. The van der Waals surface area contributed by atoms with Gasteiger partial charge in [0, 0.05) is 16.1 Å². The number of rotatable bonds is 5. The normalized spacial score (nSPS) is 11.1. The van der Waals surface area contributed by atoms with Gasteiger partial charge >= 0.3 is 5.97 Å². The second kappa shape index (κ2) is 6.62. The number of benzene rings is 1. The van der Waals surface area contributed by atoms with E-state index in [2.05, 4.69) is 26.1 Å². The van der Waals surface area contributed by atoms with Gasteiger partial charge in [-0.3, -0.25) is 9.36 Å². The third kappa shape index (κ3) is 3.47. The van der Waals surface area contributed by atoms with Crippen molar-refractivity contribution in [3.63, 3.8) is 0 Å². The topological polar surface area (TPSA) is 68.0 Å². The van der Waals surface area contributed by atoms with Crippen LogP contribution in [-0.2, 0) is 4.79 Å². The highest BCUT2D eigenvalue weighted by Gasteiger charge is 2.19. The minimum absolute atomic E-state index is 0.0255. The summed E-state index contributed by atoms with van der Waals surface area (Å²) in [6, 6.07) is 6.07. The van der Waals surface area contributed by atoms with Crippen molar-refractivity contribution in [1.82, 2.24) is 14.8 Å². The molecule has 2 rings (SSSR count). The maximum atomic E-state index is 10.7. The van der Waals surface area contributed by atoms with E-state index in [0.717, 1.165) is 21.4 Å². The first kappa shape index (κ1) is 16.0. The molecule has 0 aliphatic rings. The third-order valence-electron chi connectivity index (χ3n) is 3.01. The zero-order valence-electron chi connectivity index (χ0n) is 12.0. The molecule has 0 amide bonds. The lowest BCUT2D eigenvalue weighted by atomic mass is 10.1. The fraction of sp³-hybridized carbons (Fsp3) is 0.357. The van der Waals surface area contributed by atoms with Gasteiger partial charge in [-0.1, -0.05) is 39.8 Å². The maximum Gasteiger partial charge on any atom is 0.313 e. The van der Waals surface area contributed by atoms with E-state index in [1.165, 1.54) is 11.8 Å². The van der Waals surface area contributed by atoms with E-state index in [4.69, 9.17) is 5.11 Å². The molecule has 21 heavy (non-hydrogen) atoms. The SMILES string of the molecule is Cc1c(Br)cccc1-c1nnc(SCC(=O)O)n1C(C)C. The fourth-order valence-corrected chi connectivity index (χ4v) is 3.15. The number of carbonyl (C=O) groups is 1. The molecular formula is C14H16BrN3O2S. The highest BCUT2D eigenvalue weighted by Crippen LogP contribution is 2.32. The lowest BCUT2D eigenvalue weighted by Crippen LogP contribution is -2.07. The number of hydrogen-bond acceptors (Lipinski definition) is 4. The molecule has 0 aliphatic carbocycles. The van der Waals surface area contributed by atoms with Crippen molar-refractivity contribution in [2.24, 2.45) is 0 Å². The van der Waals surface area contributed by atoms with E-state index in [1.807, 2.05) is 43.5 Å². The molecule has 0 radical (unpaired) electrons.